The molecule has 0 amide bonds. The Labute approximate surface area is 133 Å². The van der Waals surface area contributed by atoms with Gasteiger partial charge >= 0.3 is 7.82 Å². The van der Waals surface area contributed by atoms with E-state index < -0.39 is 38.5 Å². The van der Waals surface area contributed by atoms with Gasteiger partial charge in [0.25, 0.3) is 0 Å². The number of hydrogen-bond donors (Lipinski definition) is 7. The highest BCUT2D eigenvalue weighted by Gasteiger charge is 2.49. The van der Waals surface area contributed by atoms with Crippen LogP contribution in [0.1, 0.15) is 11.9 Å². The fraction of sp³-hybridized carbons (Fsp3) is 0.500. The number of imidazole rings is 1. The molecule has 1 fully saturated rings. The van der Waals surface area contributed by atoms with Gasteiger partial charge in [0.05, 0.1) is 0 Å². The number of nitrogens with one attached hydrogen (secondary N) is 1. The molecule has 2 unspecified atom stereocenters. The summed E-state index contributed by atoms with van der Waals surface area (Å²) in [6.07, 6.45) is -7.09. The highest BCUT2D eigenvalue weighted by Crippen LogP contribution is 2.41. The monoisotopic (exact) mass is 363 g/mol. The van der Waals surface area contributed by atoms with Gasteiger partial charge in [-0.15, -0.1) is 0 Å². The van der Waals surface area contributed by atoms with Crippen molar-refractivity contribution in [1.29, 1.82) is 0 Å². The van der Waals surface area contributed by atoms with Gasteiger partial charge in [0.15, 0.2) is 17.8 Å². The number of rotatable bonds is 4. The molecule has 132 valence electrons. The van der Waals surface area contributed by atoms with Crippen LogP contribution >= 0.6 is 7.82 Å². The average molecular weight is 363 g/mol. The minimum absolute atomic E-state index is 0.0367. The zero-order chi connectivity index (χ0) is 17.6. The Morgan fingerprint density at radius 1 is 1.33 bits per heavy atom. The second-order valence-corrected chi connectivity index (χ2v) is 6.26. The summed E-state index contributed by atoms with van der Waals surface area (Å²) in [7, 11) is -5.02. The zero-order valence-corrected chi connectivity index (χ0v) is 12.7. The molecule has 3 rings (SSSR count). The molecule has 0 spiro atoms. The van der Waals surface area contributed by atoms with E-state index in [2.05, 4.69) is 24.5 Å². The maximum absolute atomic E-state index is 10.8. The lowest BCUT2D eigenvalue weighted by atomic mass is 10.1. The Morgan fingerprint density at radius 3 is 2.67 bits per heavy atom. The Bertz CT molecular complexity index is 795. The number of aliphatic hydroxyl groups excluding tert-OH is 3. The zero-order valence-electron chi connectivity index (χ0n) is 11.8. The van der Waals surface area contributed by atoms with Gasteiger partial charge in [-0.1, -0.05) is 0 Å². The van der Waals surface area contributed by atoms with Gasteiger partial charge in [0, 0.05) is 0 Å². The smallest absolute Gasteiger partial charge is 0.387 e. The number of aromatic nitrogens is 4. The molecule has 24 heavy (non-hydrogen) atoms. The molecule has 1 saturated heterocycles. The van der Waals surface area contributed by atoms with Crippen molar-refractivity contribution >= 4 is 24.8 Å². The predicted molar refractivity (Wildman–Crippen MR) is 74.9 cm³/mol. The maximum atomic E-state index is 10.8. The van der Waals surface area contributed by atoms with Gasteiger partial charge < -0.3 is 40.6 Å². The minimum atomic E-state index is -5.02. The van der Waals surface area contributed by atoms with E-state index in [9.17, 15) is 19.9 Å². The van der Waals surface area contributed by atoms with E-state index in [1.807, 2.05) is 0 Å². The summed E-state index contributed by atoms with van der Waals surface area (Å²) in [5, 5.41) is 29.6. The number of aromatic amines is 1. The highest BCUT2D eigenvalue weighted by molar-refractivity contribution is 7.46. The average Bonchev–Trinajstić information content (AvgIpc) is 3.01. The van der Waals surface area contributed by atoms with Gasteiger partial charge in [0.1, 0.15) is 42.1 Å². The van der Waals surface area contributed by atoms with Crippen molar-refractivity contribution in [2.45, 2.75) is 30.7 Å². The summed E-state index contributed by atoms with van der Waals surface area (Å²) >= 11 is 0. The Balaban J connectivity index is 1.86. The summed E-state index contributed by atoms with van der Waals surface area (Å²) < 4.78 is 20.1. The molecule has 0 aliphatic carbocycles. The number of ether oxygens (including phenoxy) is 1. The van der Waals surface area contributed by atoms with Gasteiger partial charge in [0.2, 0.25) is 0 Å². The number of fused-ring (bicyclic) bond motifs is 1. The normalized spacial score (nSPS) is 29.2. The first-order valence-corrected chi connectivity index (χ1v) is 8.10. The van der Waals surface area contributed by atoms with Gasteiger partial charge in [-0.2, -0.15) is 0 Å². The third-order valence-electron chi connectivity index (χ3n) is 3.43. The van der Waals surface area contributed by atoms with Crippen LogP contribution in [0.5, 0.6) is 0 Å². The fourth-order valence-electron chi connectivity index (χ4n) is 2.37. The summed E-state index contributed by atoms with van der Waals surface area (Å²) in [6, 6.07) is 0. The van der Waals surface area contributed by atoms with E-state index in [-0.39, 0.29) is 22.8 Å². The molecule has 0 radical (unpaired) electrons. The highest BCUT2D eigenvalue weighted by atomic mass is 31.2. The van der Waals surface area contributed by atoms with Crippen LogP contribution in [0.2, 0.25) is 0 Å². The lowest BCUT2D eigenvalue weighted by Gasteiger charge is -2.21. The molecular weight excluding hydrogens is 349 g/mol. The minimum Gasteiger partial charge on any atom is -0.387 e. The van der Waals surface area contributed by atoms with Crippen molar-refractivity contribution in [3.05, 3.63) is 12.2 Å². The van der Waals surface area contributed by atoms with Crippen molar-refractivity contribution in [3.63, 3.8) is 0 Å². The SMILES string of the molecule is Nc1ncnc2nc(C3O[C@H](C(O)OP(=O)(O)O)[C@@H](O)[C@@H]3O)[nH]c12. The Hall–Kier alpha value is -1.70. The van der Waals surface area contributed by atoms with E-state index in [0.717, 1.165) is 0 Å². The van der Waals surface area contributed by atoms with Crippen LogP contribution in [0.4, 0.5) is 5.82 Å². The quantitative estimate of drug-likeness (QED) is 0.222. The number of phosphoric ester groups is 1. The summed E-state index contributed by atoms with van der Waals surface area (Å²) in [5.41, 5.74) is 6.13. The first-order chi connectivity index (χ1) is 11.2. The molecular formula is C10H14N5O8P. The number of nitrogen functional groups attached to an aromatic ring is 1. The lowest BCUT2D eigenvalue weighted by molar-refractivity contribution is -0.154. The van der Waals surface area contributed by atoms with E-state index in [1.165, 1.54) is 6.33 Å². The molecule has 13 nitrogen and oxygen atoms in total. The summed E-state index contributed by atoms with van der Waals surface area (Å²) in [5.74, 6) is 0.142. The van der Waals surface area contributed by atoms with Crippen molar-refractivity contribution in [3.8, 4) is 0 Å². The van der Waals surface area contributed by atoms with Crippen molar-refractivity contribution < 1.29 is 38.9 Å². The Morgan fingerprint density at radius 2 is 2.04 bits per heavy atom. The standard InChI is InChI=1S/C10H14N5O8P/c11-7-2-8(13-1-12-7)15-9(14-2)5-3(16)4(17)6(22-5)10(18)23-24(19,20)21/h1,3-6,10,16-18H,(H2,19,20,21)(H3,11,12,13,14,15)/t3-,4-,5?,6-,10?/m0/s1. The van der Waals surface area contributed by atoms with Gasteiger partial charge in [-0.05, 0) is 0 Å². The fourth-order valence-corrected chi connectivity index (χ4v) is 2.77. The topological polar surface area (TPSA) is 217 Å². The van der Waals surface area contributed by atoms with Crippen LogP contribution in [-0.4, -0.2) is 69.6 Å². The van der Waals surface area contributed by atoms with Crippen molar-refractivity contribution in [2.24, 2.45) is 0 Å². The van der Waals surface area contributed by atoms with Crippen molar-refractivity contribution in [2.75, 3.05) is 5.73 Å². The van der Waals surface area contributed by atoms with Gasteiger partial charge in [-0.25, -0.2) is 19.5 Å². The molecule has 2 aromatic rings. The molecule has 3 heterocycles. The molecule has 0 saturated carbocycles. The Kier molecular flexibility index (Phi) is 4.27. The van der Waals surface area contributed by atoms with E-state index in [1.54, 1.807) is 0 Å². The molecule has 1 aliphatic heterocycles. The van der Waals surface area contributed by atoms with E-state index in [0.29, 0.717) is 0 Å². The second kappa shape index (κ2) is 5.98. The molecule has 5 atom stereocenters. The molecule has 0 aromatic carbocycles. The second-order valence-electron chi connectivity index (χ2n) is 5.07. The third-order valence-corrected chi connectivity index (χ3v) is 3.92. The van der Waals surface area contributed by atoms with Crippen LogP contribution in [-0.2, 0) is 13.8 Å². The molecule has 0 bridgehead atoms. The first kappa shape index (κ1) is 17.1. The number of hydrogen-bond acceptors (Lipinski definition) is 10. The predicted octanol–water partition coefficient (Wildman–Crippen LogP) is -2.48. The number of aliphatic hydroxyl groups is 3. The lowest BCUT2D eigenvalue weighted by Crippen LogP contribution is -2.39. The van der Waals surface area contributed by atoms with E-state index >= 15 is 0 Å². The maximum Gasteiger partial charge on any atom is 0.472 e. The molecule has 2 aromatic heterocycles. The molecule has 1 aliphatic rings. The summed E-state index contributed by atoms with van der Waals surface area (Å²) in [6.45, 7) is 0. The third kappa shape index (κ3) is 3.11. The van der Waals surface area contributed by atoms with Crippen molar-refractivity contribution in [1.82, 2.24) is 19.9 Å². The summed E-state index contributed by atoms with van der Waals surface area (Å²) in [4.78, 5) is 31.8. The molecule has 14 heteroatoms. The van der Waals surface area contributed by atoms with Crippen LogP contribution in [0.15, 0.2) is 6.33 Å². The number of anilines is 1. The number of nitrogens with two attached hydrogens (primary N) is 1. The van der Waals surface area contributed by atoms with Crippen LogP contribution < -0.4 is 5.73 Å². The number of phosphoric acid groups is 1. The van der Waals surface area contributed by atoms with E-state index in [4.69, 9.17) is 20.3 Å². The number of H-pyrrole nitrogens is 1. The van der Waals surface area contributed by atoms with Crippen LogP contribution in [0.25, 0.3) is 11.2 Å². The largest absolute Gasteiger partial charge is 0.472 e. The first-order valence-electron chi connectivity index (χ1n) is 6.57. The van der Waals surface area contributed by atoms with Crippen LogP contribution in [0, 0.1) is 0 Å². The molecule has 8 N–H and O–H groups in total. The van der Waals surface area contributed by atoms with Crippen LogP contribution in [0.3, 0.4) is 0 Å². The van der Waals surface area contributed by atoms with Gasteiger partial charge in [-0.3, -0.25) is 4.52 Å². The number of nitrogens with zero attached hydrogens (tertiary/aromatic N) is 3.